The van der Waals surface area contributed by atoms with E-state index in [-0.39, 0.29) is 12.6 Å². The van der Waals surface area contributed by atoms with Crippen molar-refractivity contribution in [1.82, 2.24) is 10.2 Å². The molecule has 1 aliphatic rings. The number of esters is 1. The molecule has 0 radical (unpaired) electrons. The van der Waals surface area contributed by atoms with Crippen LogP contribution in [0, 0.1) is 0 Å². The topological polar surface area (TPSA) is 61.8 Å². The van der Waals surface area contributed by atoms with Crippen LogP contribution in [-0.2, 0) is 9.53 Å². The molecule has 5 nitrogen and oxygen atoms in total. The van der Waals surface area contributed by atoms with Gasteiger partial charge < -0.3 is 15.2 Å². The summed E-state index contributed by atoms with van der Waals surface area (Å²) in [4.78, 5) is 13.1. The molecule has 0 aromatic rings. The molecule has 1 saturated heterocycles. The number of rotatable bonds is 3. The van der Waals surface area contributed by atoms with Crippen molar-refractivity contribution in [3.63, 3.8) is 0 Å². The molecule has 0 aromatic heterocycles. The third-order valence-electron chi connectivity index (χ3n) is 2.24. The Morgan fingerprint density at radius 2 is 2.23 bits per heavy atom. The molecule has 1 unspecified atom stereocenters. The van der Waals surface area contributed by atoms with Crippen LogP contribution < -0.4 is 5.32 Å². The molecule has 13 heavy (non-hydrogen) atoms. The zero-order valence-corrected chi connectivity index (χ0v) is 7.82. The minimum Gasteiger partial charge on any atom is -0.468 e. The number of nitrogens with one attached hydrogen (secondary N) is 1. The van der Waals surface area contributed by atoms with Gasteiger partial charge in [0.25, 0.3) is 0 Å². The lowest BCUT2D eigenvalue weighted by Crippen LogP contribution is -2.52. The number of hydrogen-bond donors (Lipinski definition) is 2. The molecule has 0 saturated carbocycles. The molecule has 76 valence electrons. The lowest BCUT2D eigenvalue weighted by Gasteiger charge is -2.31. The Balaban J connectivity index is 2.48. The van der Waals surface area contributed by atoms with E-state index in [1.54, 1.807) is 0 Å². The zero-order chi connectivity index (χ0) is 9.68. The van der Waals surface area contributed by atoms with Gasteiger partial charge in [0.05, 0.1) is 13.7 Å². The maximum atomic E-state index is 11.2. The van der Waals surface area contributed by atoms with Gasteiger partial charge in [-0.05, 0) is 0 Å². The SMILES string of the molecule is COC(=O)C(CO)N1CCNCC1. The van der Waals surface area contributed by atoms with Crippen LogP contribution in [0.15, 0.2) is 0 Å². The Morgan fingerprint density at radius 1 is 1.62 bits per heavy atom. The Bertz CT molecular complexity index is 169. The fraction of sp³-hybridized carbons (Fsp3) is 0.875. The molecule has 1 heterocycles. The number of hydrogen-bond acceptors (Lipinski definition) is 5. The second-order valence-corrected chi connectivity index (χ2v) is 3.01. The van der Waals surface area contributed by atoms with Crippen LogP contribution in [-0.4, -0.2) is 61.9 Å². The van der Waals surface area contributed by atoms with E-state index in [4.69, 9.17) is 5.11 Å². The first-order chi connectivity index (χ1) is 6.29. The molecule has 0 aromatic carbocycles. The first-order valence-electron chi connectivity index (χ1n) is 4.43. The number of aliphatic hydroxyl groups is 1. The molecule has 1 atom stereocenters. The summed E-state index contributed by atoms with van der Waals surface area (Å²) in [6.45, 7) is 3.09. The van der Waals surface area contributed by atoms with Crippen molar-refractivity contribution < 1.29 is 14.6 Å². The summed E-state index contributed by atoms with van der Waals surface area (Å²) in [6, 6.07) is -0.493. The fourth-order valence-corrected chi connectivity index (χ4v) is 1.47. The summed E-state index contributed by atoms with van der Waals surface area (Å²) in [5.41, 5.74) is 0. The maximum Gasteiger partial charge on any atom is 0.325 e. The standard InChI is InChI=1S/C8H16N2O3/c1-13-8(12)7(6-11)10-4-2-9-3-5-10/h7,9,11H,2-6H2,1H3. The van der Waals surface area contributed by atoms with Gasteiger partial charge >= 0.3 is 5.97 Å². The van der Waals surface area contributed by atoms with E-state index in [9.17, 15) is 4.79 Å². The molecule has 0 spiro atoms. The third-order valence-corrected chi connectivity index (χ3v) is 2.24. The minimum absolute atomic E-state index is 0.174. The number of piperazine rings is 1. The second kappa shape index (κ2) is 5.16. The van der Waals surface area contributed by atoms with E-state index in [2.05, 4.69) is 10.1 Å². The van der Waals surface area contributed by atoms with E-state index in [0.717, 1.165) is 26.2 Å². The summed E-state index contributed by atoms with van der Waals surface area (Å²) in [6.07, 6.45) is 0. The highest BCUT2D eigenvalue weighted by Gasteiger charge is 2.26. The van der Waals surface area contributed by atoms with Gasteiger partial charge in [0.15, 0.2) is 0 Å². The van der Waals surface area contributed by atoms with Crippen LogP contribution >= 0.6 is 0 Å². The lowest BCUT2D eigenvalue weighted by molar-refractivity contribution is -0.148. The first-order valence-corrected chi connectivity index (χ1v) is 4.43. The summed E-state index contributed by atoms with van der Waals surface area (Å²) < 4.78 is 4.60. The number of carbonyl (C=O) groups is 1. The number of carbonyl (C=O) groups excluding carboxylic acids is 1. The smallest absolute Gasteiger partial charge is 0.325 e. The van der Waals surface area contributed by atoms with Crippen LogP contribution in [0.2, 0.25) is 0 Å². The van der Waals surface area contributed by atoms with Crippen LogP contribution in [0.3, 0.4) is 0 Å². The monoisotopic (exact) mass is 188 g/mol. The van der Waals surface area contributed by atoms with Crippen molar-refractivity contribution in [3.8, 4) is 0 Å². The molecule has 2 N–H and O–H groups in total. The average Bonchev–Trinajstić information content (AvgIpc) is 2.20. The first kappa shape index (κ1) is 10.4. The van der Waals surface area contributed by atoms with Gasteiger partial charge in [0.1, 0.15) is 6.04 Å². The fourth-order valence-electron chi connectivity index (χ4n) is 1.47. The molecule has 1 aliphatic heterocycles. The molecule has 1 fully saturated rings. The van der Waals surface area contributed by atoms with Crippen molar-refractivity contribution in [2.24, 2.45) is 0 Å². The Morgan fingerprint density at radius 3 is 2.69 bits per heavy atom. The largest absolute Gasteiger partial charge is 0.468 e. The minimum atomic E-state index is -0.493. The van der Waals surface area contributed by atoms with Crippen LogP contribution in [0.1, 0.15) is 0 Å². The van der Waals surface area contributed by atoms with Crippen LogP contribution in [0.25, 0.3) is 0 Å². The van der Waals surface area contributed by atoms with Gasteiger partial charge in [-0.15, -0.1) is 0 Å². The summed E-state index contributed by atoms with van der Waals surface area (Å²) in [7, 11) is 1.34. The van der Waals surface area contributed by atoms with E-state index in [0.29, 0.717) is 0 Å². The van der Waals surface area contributed by atoms with Crippen molar-refractivity contribution in [2.45, 2.75) is 6.04 Å². The molecule has 5 heteroatoms. The lowest BCUT2D eigenvalue weighted by atomic mass is 10.2. The highest BCUT2D eigenvalue weighted by molar-refractivity contribution is 5.75. The number of aliphatic hydroxyl groups excluding tert-OH is 1. The summed E-state index contributed by atoms with van der Waals surface area (Å²) in [5.74, 6) is -0.357. The zero-order valence-electron chi connectivity index (χ0n) is 7.82. The van der Waals surface area contributed by atoms with Crippen molar-refractivity contribution in [2.75, 3.05) is 39.9 Å². The van der Waals surface area contributed by atoms with Crippen molar-refractivity contribution in [1.29, 1.82) is 0 Å². The quantitative estimate of drug-likeness (QED) is 0.524. The Kier molecular flexibility index (Phi) is 4.14. The molecular weight excluding hydrogens is 172 g/mol. The number of ether oxygens (including phenoxy) is 1. The molecule has 1 rings (SSSR count). The normalized spacial score (nSPS) is 21.1. The maximum absolute atomic E-state index is 11.2. The van der Waals surface area contributed by atoms with Crippen LogP contribution in [0.4, 0.5) is 0 Å². The van der Waals surface area contributed by atoms with Crippen molar-refractivity contribution >= 4 is 5.97 Å². The molecule has 0 amide bonds. The average molecular weight is 188 g/mol. The van der Waals surface area contributed by atoms with Gasteiger partial charge in [0.2, 0.25) is 0 Å². The third kappa shape index (κ3) is 2.65. The molecule has 0 bridgehead atoms. The van der Waals surface area contributed by atoms with E-state index < -0.39 is 6.04 Å². The van der Waals surface area contributed by atoms with Gasteiger partial charge in [-0.1, -0.05) is 0 Å². The second-order valence-electron chi connectivity index (χ2n) is 3.01. The molecule has 0 aliphatic carbocycles. The summed E-state index contributed by atoms with van der Waals surface area (Å²) in [5, 5.41) is 12.2. The predicted octanol–water partition coefficient (Wildman–Crippen LogP) is -1.57. The highest BCUT2D eigenvalue weighted by atomic mass is 16.5. The Hall–Kier alpha value is -0.650. The molecular formula is C8H16N2O3. The van der Waals surface area contributed by atoms with Gasteiger partial charge in [0, 0.05) is 26.2 Å². The van der Waals surface area contributed by atoms with Crippen LogP contribution in [0.5, 0.6) is 0 Å². The summed E-state index contributed by atoms with van der Waals surface area (Å²) >= 11 is 0. The predicted molar refractivity (Wildman–Crippen MR) is 47.3 cm³/mol. The van der Waals surface area contributed by atoms with E-state index >= 15 is 0 Å². The van der Waals surface area contributed by atoms with Gasteiger partial charge in [-0.25, -0.2) is 0 Å². The van der Waals surface area contributed by atoms with E-state index in [1.165, 1.54) is 7.11 Å². The Labute approximate surface area is 77.7 Å². The van der Waals surface area contributed by atoms with Crippen molar-refractivity contribution in [3.05, 3.63) is 0 Å². The highest BCUT2D eigenvalue weighted by Crippen LogP contribution is 2.02. The number of nitrogens with zero attached hydrogens (tertiary/aromatic N) is 1. The van der Waals surface area contributed by atoms with Gasteiger partial charge in [-0.2, -0.15) is 0 Å². The van der Waals surface area contributed by atoms with E-state index in [1.807, 2.05) is 4.90 Å². The van der Waals surface area contributed by atoms with Gasteiger partial charge in [-0.3, -0.25) is 9.69 Å². The number of methoxy groups -OCH3 is 1.